The van der Waals surface area contributed by atoms with Crippen LogP contribution in [0.2, 0.25) is 0 Å². The number of ether oxygens (including phenoxy) is 1. The van der Waals surface area contributed by atoms with E-state index in [0.717, 1.165) is 11.3 Å². The summed E-state index contributed by atoms with van der Waals surface area (Å²) < 4.78 is 4.85. The largest absolute Gasteiger partial charge is 0.477 e. The normalized spacial score (nSPS) is 10.7. The minimum absolute atomic E-state index is 0.137. The summed E-state index contributed by atoms with van der Waals surface area (Å²) in [6.07, 6.45) is 1.37. The monoisotopic (exact) mass is 312 g/mol. The molecule has 0 unspecified atom stereocenters. The molecule has 0 radical (unpaired) electrons. The van der Waals surface area contributed by atoms with Crippen molar-refractivity contribution in [2.75, 3.05) is 12.4 Å². The Morgan fingerprint density at radius 3 is 2.85 bits per heavy atom. The first kappa shape index (κ1) is 14.7. The number of thioether (sulfide) groups is 1. The van der Waals surface area contributed by atoms with Crippen LogP contribution in [0.4, 0.5) is 0 Å². The highest BCUT2D eigenvalue weighted by Gasteiger charge is 2.19. The molecule has 2 aromatic heterocycles. The topological polar surface area (TPSA) is 89.4 Å². The van der Waals surface area contributed by atoms with E-state index in [1.54, 1.807) is 13.8 Å². The van der Waals surface area contributed by atoms with E-state index in [1.165, 1.54) is 18.1 Å². The average Bonchev–Trinajstić information content (AvgIpc) is 2.75. The fourth-order valence-electron chi connectivity index (χ4n) is 1.68. The molecule has 0 aliphatic carbocycles. The van der Waals surface area contributed by atoms with E-state index < -0.39 is 5.97 Å². The molecule has 0 spiro atoms. The Hall–Kier alpha value is -1.67. The maximum atomic E-state index is 11.4. The van der Waals surface area contributed by atoms with Crippen molar-refractivity contribution in [3.63, 3.8) is 0 Å². The average molecular weight is 312 g/mol. The molecule has 0 aromatic carbocycles. The van der Waals surface area contributed by atoms with Gasteiger partial charge in [0, 0.05) is 5.39 Å². The summed E-state index contributed by atoms with van der Waals surface area (Å²) in [4.78, 5) is 31.6. The zero-order valence-corrected chi connectivity index (χ0v) is 12.5. The van der Waals surface area contributed by atoms with Gasteiger partial charge in [-0.2, -0.15) is 0 Å². The van der Waals surface area contributed by atoms with Crippen molar-refractivity contribution in [2.45, 2.75) is 18.9 Å². The second-order valence-corrected chi connectivity index (χ2v) is 5.78. The number of thiophene rings is 1. The molecule has 0 aliphatic rings. The molecule has 0 saturated carbocycles. The minimum Gasteiger partial charge on any atom is -0.477 e. The van der Waals surface area contributed by atoms with Crippen LogP contribution in [-0.2, 0) is 9.53 Å². The zero-order valence-electron chi connectivity index (χ0n) is 10.9. The van der Waals surface area contributed by atoms with Crippen LogP contribution < -0.4 is 0 Å². The van der Waals surface area contributed by atoms with Crippen molar-refractivity contribution in [2.24, 2.45) is 0 Å². The third-order valence-electron chi connectivity index (χ3n) is 2.52. The van der Waals surface area contributed by atoms with Crippen molar-refractivity contribution in [3.8, 4) is 0 Å². The van der Waals surface area contributed by atoms with Crippen LogP contribution in [0.25, 0.3) is 10.2 Å². The van der Waals surface area contributed by atoms with Crippen LogP contribution in [0.5, 0.6) is 0 Å². The summed E-state index contributed by atoms with van der Waals surface area (Å²) in [5.74, 6) is -1.17. The lowest BCUT2D eigenvalue weighted by Gasteiger charge is -2.03. The Balaban J connectivity index is 2.34. The summed E-state index contributed by atoms with van der Waals surface area (Å²) in [6.45, 7) is 3.80. The minimum atomic E-state index is -0.980. The van der Waals surface area contributed by atoms with E-state index in [0.29, 0.717) is 27.4 Å². The van der Waals surface area contributed by atoms with Crippen LogP contribution in [0, 0.1) is 6.92 Å². The highest BCUT2D eigenvalue weighted by Crippen LogP contribution is 2.34. The van der Waals surface area contributed by atoms with Gasteiger partial charge in [0.1, 0.15) is 21.1 Å². The van der Waals surface area contributed by atoms with Crippen LogP contribution in [0.3, 0.4) is 0 Å². The number of fused-ring (bicyclic) bond motifs is 1. The second kappa shape index (κ2) is 6.19. The first-order chi connectivity index (χ1) is 9.54. The van der Waals surface area contributed by atoms with Gasteiger partial charge in [-0.3, -0.25) is 4.79 Å². The fourth-order valence-corrected chi connectivity index (χ4v) is 3.59. The van der Waals surface area contributed by atoms with Crippen molar-refractivity contribution in [1.82, 2.24) is 9.97 Å². The molecular formula is C12H12N2O4S2. The Morgan fingerprint density at radius 2 is 2.20 bits per heavy atom. The van der Waals surface area contributed by atoms with Gasteiger partial charge in [0.05, 0.1) is 12.4 Å². The van der Waals surface area contributed by atoms with Crippen molar-refractivity contribution < 1.29 is 19.4 Å². The van der Waals surface area contributed by atoms with E-state index in [2.05, 4.69) is 9.97 Å². The van der Waals surface area contributed by atoms with Crippen LogP contribution in [0.15, 0.2) is 11.4 Å². The third kappa shape index (κ3) is 2.91. The number of rotatable bonds is 5. The summed E-state index contributed by atoms with van der Waals surface area (Å²) in [6, 6.07) is 0. The summed E-state index contributed by atoms with van der Waals surface area (Å²) in [7, 11) is 0. The lowest BCUT2D eigenvalue weighted by molar-refractivity contribution is -0.139. The second-order valence-electron chi connectivity index (χ2n) is 3.81. The summed E-state index contributed by atoms with van der Waals surface area (Å²) in [5.41, 5.74) is 0.629. The van der Waals surface area contributed by atoms with Crippen molar-refractivity contribution in [3.05, 3.63) is 16.8 Å². The maximum absolute atomic E-state index is 11.4. The molecule has 0 fully saturated rings. The molecule has 0 atom stereocenters. The quantitative estimate of drug-likeness (QED) is 0.515. The summed E-state index contributed by atoms with van der Waals surface area (Å²) in [5, 5.41) is 10.4. The Labute approximate surface area is 123 Å². The number of nitrogens with zero attached hydrogens (tertiary/aromatic N) is 2. The Bertz CT molecular complexity index is 669. The molecular weight excluding hydrogens is 300 g/mol. The highest BCUT2D eigenvalue weighted by molar-refractivity contribution is 8.00. The first-order valence-corrected chi connectivity index (χ1v) is 7.60. The van der Waals surface area contributed by atoms with E-state index >= 15 is 0 Å². The fraction of sp³-hybridized carbons (Fsp3) is 0.333. The zero-order chi connectivity index (χ0) is 14.7. The van der Waals surface area contributed by atoms with Gasteiger partial charge in [0.2, 0.25) is 0 Å². The number of carboxylic acid groups (broad SMARTS) is 1. The molecule has 2 aromatic rings. The molecule has 2 heterocycles. The lowest BCUT2D eigenvalue weighted by atomic mass is 10.2. The third-order valence-corrected chi connectivity index (χ3v) is 4.67. The van der Waals surface area contributed by atoms with E-state index in [4.69, 9.17) is 9.84 Å². The number of carboxylic acids is 1. The predicted octanol–water partition coefficient (Wildman–Crippen LogP) is 2.35. The molecule has 20 heavy (non-hydrogen) atoms. The van der Waals surface area contributed by atoms with Crippen LogP contribution in [-0.4, -0.2) is 39.4 Å². The van der Waals surface area contributed by atoms with Gasteiger partial charge in [0.25, 0.3) is 0 Å². The van der Waals surface area contributed by atoms with Gasteiger partial charge in [-0.05, 0) is 19.4 Å². The lowest BCUT2D eigenvalue weighted by Crippen LogP contribution is -2.06. The Morgan fingerprint density at radius 1 is 1.45 bits per heavy atom. The molecule has 0 aliphatic heterocycles. The van der Waals surface area contributed by atoms with E-state index in [9.17, 15) is 9.59 Å². The van der Waals surface area contributed by atoms with Gasteiger partial charge in [-0.25, -0.2) is 14.8 Å². The number of hydrogen-bond donors (Lipinski definition) is 1. The molecule has 0 saturated heterocycles. The van der Waals surface area contributed by atoms with E-state index in [1.807, 2.05) is 0 Å². The molecule has 106 valence electrons. The predicted molar refractivity (Wildman–Crippen MR) is 76.5 cm³/mol. The molecule has 0 amide bonds. The molecule has 6 nitrogen and oxygen atoms in total. The van der Waals surface area contributed by atoms with Crippen molar-refractivity contribution >= 4 is 45.3 Å². The van der Waals surface area contributed by atoms with Crippen molar-refractivity contribution in [1.29, 1.82) is 0 Å². The summed E-state index contributed by atoms with van der Waals surface area (Å²) >= 11 is 2.34. The van der Waals surface area contributed by atoms with Gasteiger partial charge in [-0.15, -0.1) is 11.3 Å². The number of carbonyl (C=O) groups is 2. The first-order valence-electron chi connectivity index (χ1n) is 5.80. The number of hydrogen-bond acceptors (Lipinski definition) is 7. The molecule has 1 N–H and O–H groups in total. The number of esters is 1. The van der Waals surface area contributed by atoms with Gasteiger partial charge >= 0.3 is 11.9 Å². The number of aromatic carboxylic acids is 1. The maximum Gasteiger partial charge on any atom is 0.346 e. The van der Waals surface area contributed by atoms with Gasteiger partial charge in [-0.1, -0.05) is 11.8 Å². The van der Waals surface area contributed by atoms with E-state index in [-0.39, 0.29) is 16.6 Å². The standard InChI is InChI=1S/C12H12N2O4S2/c1-3-18-7(15)4-19-10-8-6(2)9(12(16)17)20-11(8)14-5-13-10/h5H,3-4H2,1-2H3,(H,16,17). The SMILES string of the molecule is CCOC(=O)CSc1ncnc2sc(C(=O)O)c(C)c12. The molecule has 8 heteroatoms. The smallest absolute Gasteiger partial charge is 0.346 e. The number of aromatic nitrogens is 2. The molecule has 2 rings (SSSR count). The molecule has 0 bridgehead atoms. The van der Waals surface area contributed by atoms with Gasteiger partial charge in [0.15, 0.2) is 0 Å². The number of aryl methyl sites for hydroxylation is 1. The van der Waals surface area contributed by atoms with Gasteiger partial charge < -0.3 is 9.84 Å². The van der Waals surface area contributed by atoms with Crippen LogP contribution >= 0.6 is 23.1 Å². The Kier molecular flexibility index (Phi) is 4.56. The number of carbonyl (C=O) groups excluding carboxylic acids is 1. The van der Waals surface area contributed by atoms with Crippen LogP contribution in [0.1, 0.15) is 22.2 Å². The highest BCUT2D eigenvalue weighted by atomic mass is 32.2.